The van der Waals surface area contributed by atoms with Crippen LogP contribution in [-0.4, -0.2) is 33.0 Å². The first-order chi connectivity index (χ1) is 11.2. The minimum Gasteiger partial charge on any atom is -0.493 e. The van der Waals surface area contributed by atoms with E-state index in [1.807, 2.05) is 37.3 Å². The van der Waals surface area contributed by atoms with Gasteiger partial charge in [0.2, 0.25) is 5.13 Å². The maximum Gasteiger partial charge on any atom is 0.281 e. The van der Waals surface area contributed by atoms with Crippen molar-refractivity contribution in [1.29, 1.82) is 0 Å². The molecule has 2 aromatic heterocycles. The SMILES string of the molecule is CCc1nnc(NC(=O)c2nn(-c3ccccc3)cc2OC)s1. The quantitative estimate of drug-likeness (QED) is 0.778. The van der Waals surface area contributed by atoms with E-state index >= 15 is 0 Å². The zero-order chi connectivity index (χ0) is 16.2. The Hall–Kier alpha value is -2.74. The molecular weight excluding hydrogens is 314 g/mol. The van der Waals surface area contributed by atoms with Crippen LogP contribution in [-0.2, 0) is 6.42 Å². The zero-order valence-electron chi connectivity index (χ0n) is 12.7. The average Bonchev–Trinajstić information content (AvgIpc) is 3.22. The lowest BCUT2D eigenvalue weighted by Crippen LogP contribution is -2.14. The number of hydrogen-bond donors (Lipinski definition) is 1. The fourth-order valence-electron chi connectivity index (χ4n) is 1.98. The number of methoxy groups -OCH3 is 1. The normalized spacial score (nSPS) is 10.5. The Morgan fingerprint density at radius 3 is 2.74 bits per heavy atom. The summed E-state index contributed by atoms with van der Waals surface area (Å²) in [5.41, 5.74) is 1.04. The number of para-hydroxylation sites is 1. The van der Waals surface area contributed by atoms with Crippen molar-refractivity contribution >= 4 is 22.4 Å². The zero-order valence-corrected chi connectivity index (χ0v) is 13.5. The van der Waals surface area contributed by atoms with Gasteiger partial charge < -0.3 is 4.74 Å². The summed E-state index contributed by atoms with van der Waals surface area (Å²) in [6, 6.07) is 9.50. The number of rotatable bonds is 5. The van der Waals surface area contributed by atoms with Crippen LogP contribution in [0.3, 0.4) is 0 Å². The Morgan fingerprint density at radius 2 is 2.09 bits per heavy atom. The van der Waals surface area contributed by atoms with Gasteiger partial charge in [-0.2, -0.15) is 5.10 Å². The summed E-state index contributed by atoms with van der Waals surface area (Å²) >= 11 is 1.34. The molecule has 0 aliphatic rings. The molecule has 23 heavy (non-hydrogen) atoms. The van der Waals surface area contributed by atoms with E-state index in [1.54, 1.807) is 10.9 Å². The van der Waals surface area contributed by atoms with Gasteiger partial charge in [0.05, 0.1) is 19.0 Å². The van der Waals surface area contributed by atoms with Crippen LogP contribution in [0.1, 0.15) is 22.4 Å². The second-order valence-electron chi connectivity index (χ2n) is 4.63. The fourth-order valence-corrected chi connectivity index (χ4v) is 2.66. The summed E-state index contributed by atoms with van der Waals surface area (Å²) in [4.78, 5) is 12.4. The second kappa shape index (κ2) is 6.57. The van der Waals surface area contributed by atoms with Crippen molar-refractivity contribution in [3.63, 3.8) is 0 Å². The van der Waals surface area contributed by atoms with Crippen molar-refractivity contribution in [2.75, 3.05) is 12.4 Å². The lowest BCUT2D eigenvalue weighted by Gasteiger charge is -2.00. The number of carbonyl (C=O) groups excluding carboxylic acids is 1. The van der Waals surface area contributed by atoms with Gasteiger partial charge in [-0.3, -0.25) is 10.1 Å². The third-order valence-corrected chi connectivity index (χ3v) is 4.11. The Labute approximate surface area is 136 Å². The Bertz CT molecular complexity index is 812. The number of nitrogens with zero attached hydrogens (tertiary/aromatic N) is 4. The first-order valence-corrected chi connectivity index (χ1v) is 7.85. The molecule has 0 spiro atoms. The molecule has 1 amide bonds. The largest absolute Gasteiger partial charge is 0.493 e. The molecule has 0 fully saturated rings. The Morgan fingerprint density at radius 1 is 1.30 bits per heavy atom. The topological polar surface area (TPSA) is 81.9 Å². The van der Waals surface area contributed by atoms with Crippen molar-refractivity contribution < 1.29 is 9.53 Å². The lowest BCUT2D eigenvalue weighted by molar-refractivity contribution is 0.101. The van der Waals surface area contributed by atoms with Crippen molar-refractivity contribution in [2.45, 2.75) is 13.3 Å². The monoisotopic (exact) mass is 329 g/mol. The van der Waals surface area contributed by atoms with E-state index in [1.165, 1.54) is 18.4 Å². The predicted molar refractivity (Wildman–Crippen MR) is 87.4 cm³/mol. The molecule has 0 bridgehead atoms. The van der Waals surface area contributed by atoms with Gasteiger partial charge in [-0.25, -0.2) is 4.68 Å². The Kier molecular flexibility index (Phi) is 4.33. The number of amides is 1. The van der Waals surface area contributed by atoms with E-state index in [2.05, 4.69) is 20.6 Å². The third-order valence-electron chi connectivity index (χ3n) is 3.13. The van der Waals surface area contributed by atoms with Crippen LogP contribution in [0.25, 0.3) is 5.69 Å². The van der Waals surface area contributed by atoms with Crippen LogP contribution in [0.5, 0.6) is 5.75 Å². The van der Waals surface area contributed by atoms with Crippen molar-refractivity contribution in [1.82, 2.24) is 20.0 Å². The predicted octanol–water partition coefficient (Wildman–Crippen LogP) is 2.55. The fraction of sp³-hybridized carbons (Fsp3) is 0.200. The van der Waals surface area contributed by atoms with Gasteiger partial charge in [0.15, 0.2) is 11.4 Å². The molecule has 0 aliphatic carbocycles. The molecule has 7 nitrogen and oxygen atoms in total. The standard InChI is InChI=1S/C15H15N5O2S/c1-3-12-17-18-15(23-12)16-14(21)13-11(22-2)9-20(19-13)10-7-5-4-6-8-10/h4-9H,3H2,1-2H3,(H,16,18,21). The molecule has 0 saturated carbocycles. The number of ether oxygens (including phenoxy) is 1. The molecule has 0 unspecified atom stereocenters. The third kappa shape index (κ3) is 3.21. The van der Waals surface area contributed by atoms with Crippen molar-refractivity contribution in [3.8, 4) is 11.4 Å². The molecule has 0 atom stereocenters. The van der Waals surface area contributed by atoms with Crippen LogP contribution in [0.2, 0.25) is 0 Å². The van der Waals surface area contributed by atoms with Crippen molar-refractivity contribution in [2.24, 2.45) is 0 Å². The van der Waals surface area contributed by atoms with Gasteiger partial charge in [0.25, 0.3) is 5.91 Å². The molecule has 1 N–H and O–H groups in total. The highest BCUT2D eigenvalue weighted by Gasteiger charge is 2.19. The molecule has 8 heteroatoms. The molecule has 118 valence electrons. The molecule has 3 rings (SSSR count). The van der Waals surface area contributed by atoms with Crippen LogP contribution in [0.4, 0.5) is 5.13 Å². The van der Waals surface area contributed by atoms with Gasteiger partial charge in [0, 0.05) is 0 Å². The summed E-state index contributed by atoms with van der Waals surface area (Å²) in [7, 11) is 1.50. The molecule has 3 aromatic rings. The molecule has 0 saturated heterocycles. The number of benzene rings is 1. The number of aryl methyl sites for hydroxylation is 1. The van der Waals surface area contributed by atoms with Gasteiger partial charge >= 0.3 is 0 Å². The summed E-state index contributed by atoms with van der Waals surface area (Å²) in [6.45, 7) is 1.98. The number of anilines is 1. The van der Waals surface area contributed by atoms with E-state index in [0.717, 1.165) is 17.1 Å². The number of nitrogens with one attached hydrogen (secondary N) is 1. The van der Waals surface area contributed by atoms with Crippen LogP contribution >= 0.6 is 11.3 Å². The summed E-state index contributed by atoms with van der Waals surface area (Å²) < 4.78 is 6.86. The van der Waals surface area contributed by atoms with Gasteiger partial charge in [-0.15, -0.1) is 10.2 Å². The van der Waals surface area contributed by atoms with E-state index in [0.29, 0.717) is 10.9 Å². The number of aromatic nitrogens is 4. The van der Waals surface area contributed by atoms with Crippen LogP contribution in [0, 0.1) is 0 Å². The molecule has 1 aromatic carbocycles. The second-order valence-corrected chi connectivity index (χ2v) is 5.70. The van der Waals surface area contributed by atoms with Gasteiger partial charge in [-0.05, 0) is 18.6 Å². The first-order valence-electron chi connectivity index (χ1n) is 7.04. The molecular formula is C15H15N5O2S. The van der Waals surface area contributed by atoms with E-state index in [4.69, 9.17) is 4.74 Å². The van der Waals surface area contributed by atoms with Crippen LogP contribution in [0.15, 0.2) is 36.5 Å². The van der Waals surface area contributed by atoms with E-state index in [9.17, 15) is 4.79 Å². The maximum absolute atomic E-state index is 12.4. The van der Waals surface area contributed by atoms with E-state index < -0.39 is 0 Å². The van der Waals surface area contributed by atoms with Gasteiger partial charge in [0.1, 0.15) is 5.01 Å². The minimum absolute atomic E-state index is 0.199. The average molecular weight is 329 g/mol. The van der Waals surface area contributed by atoms with Crippen LogP contribution < -0.4 is 10.1 Å². The summed E-state index contributed by atoms with van der Waals surface area (Å²) in [5.74, 6) is 0.0157. The molecule has 0 aliphatic heterocycles. The molecule has 0 radical (unpaired) electrons. The lowest BCUT2D eigenvalue weighted by atomic mass is 10.3. The molecule has 2 heterocycles. The highest BCUT2D eigenvalue weighted by Crippen LogP contribution is 2.22. The highest BCUT2D eigenvalue weighted by molar-refractivity contribution is 7.15. The minimum atomic E-state index is -0.379. The maximum atomic E-state index is 12.4. The van der Waals surface area contributed by atoms with Crippen molar-refractivity contribution in [3.05, 3.63) is 47.2 Å². The number of hydrogen-bond acceptors (Lipinski definition) is 6. The summed E-state index contributed by atoms with van der Waals surface area (Å²) in [6.07, 6.45) is 2.45. The van der Waals surface area contributed by atoms with E-state index in [-0.39, 0.29) is 11.6 Å². The first kappa shape index (κ1) is 15.2. The highest BCUT2D eigenvalue weighted by atomic mass is 32.1. The number of carbonyl (C=O) groups is 1. The summed E-state index contributed by atoms with van der Waals surface area (Å²) in [5, 5.41) is 16.2. The Balaban J connectivity index is 1.86. The smallest absolute Gasteiger partial charge is 0.281 e. The van der Waals surface area contributed by atoms with Gasteiger partial charge in [-0.1, -0.05) is 36.5 Å².